The second kappa shape index (κ2) is 7.55. The minimum atomic E-state index is -3.68. The van der Waals surface area contributed by atoms with Crippen LogP contribution in [0, 0.1) is 5.92 Å². The lowest BCUT2D eigenvalue weighted by molar-refractivity contribution is -0.134. The summed E-state index contributed by atoms with van der Waals surface area (Å²) >= 11 is 0.992. The van der Waals surface area contributed by atoms with E-state index in [9.17, 15) is 13.2 Å². The average molecular weight is 398 g/mol. The van der Waals surface area contributed by atoms with Crippen molar-refractivity contribution in [3.8, 4) is 0 Å². The maximum atomic E-state index is 13.0. The lowest BCUT2D eigenvalue weighted by atomic mass is 9.99. The Morgan fingerprint density at radius 3 is 2.62 bits per heavy atom. The van der Waals surface area contributed by atoms with Crippen molar-refractivity contribution >= 4 is 38.7 Å². The zero-order chi connectivity index (χ0) is 18.9. The topological polar surface area (TPSA) is 108 Å². The second-order valence-corrected chi connectivity index (χ2v) is 8.96. The van der Waals surface area contributed by atoms with Crippen molar-refractivity contribution in [2.45, 2.75) is 31.2 Å². The highest BCUT2D eigenvalue weighted by Crippen LogP contribution is 2.38. The summed E-state index contributed by atoms with van der Waals surface area (Å²) in [5.74, 6) is -0.0127. The van der Waals surface area contributed by atoms with Crippen LogP contribution in [-0.2, 0) is 26.2 Å². The summed E-state index contributed by atoms with van der Waals surface area (Å²) in [4.78, 5) is 14.3. The fourth-order valence-electron chi connectivity index (χ4n) is 2.99. The molecule has 1 aromatic carbocycles. The Hall–Kier alpha value is -1.62. The molecule has 8 nitrogen and oxygen atoms in total. The summed E-state index contributed by atoms with van der Waals surface area (Å²) in [5, 5.41) is 0. The van der Waals surface area contributed by atoms with Gasteiger partial charge in [-0.2, -0.15) is 13.0 Å². The van der Waals surface area contributed by atoms with Gasteiger partial charge in [0.1, 0.15) is 16.3 Å². The highest BCUT2D eigenvalue weighted by molar-refractivity contribution is 7.89. The van der Waals surface area contributed by atoms with Crippen molar-refractivity contribution in [2.24, 2.45) is 20.4 Å². The first kappa shape index (κ1) is 19.2. The zero-order valence-corrected chi connectivity index (χ0v) is 16.5. The van der Waals surface area contributed by atoms with Crippen molar-refractivity contribution in [1.82, 2.24) is 9.21 Å². The number of carbonyl (C=O) groups is 1. The molecule has 2 heterocycles. The summed E-state index contributed by atoms with van der Waals surface area (Å²) in [5.41, 5.74) is 7.00. The minimum absolute atomic E-state index is 0.0963. The molecule has 3 rings (SSSR count). The van der Waals surface area contributed by atoms with Gasteiger partial charge in [-0.25, -0.2) is 8.42 Å². The highest BCUT2D eigenvalue weighted by Gasteiger charge is 2.34. The van der Waals surface area contributed by atoms with Crippen LogP contribution in [0.1, 0.15) is 20.3 Å². The molecular weight excluding hydrogens is 374 g/mol. The number of rotatable bonds is 5. The van der Waals surface area contributed by atoms with E-state index in [2.05, 4.69) is 8.73 Å². The third kappa shape index (κ3) is 3.46. The average Bonchev–Trinajstić information content (AvgIpc) is 3.14. The first-order chi connectivity index (χ1) is 12.4. The molecule has 0 bridgehead atoms. The van der Waals surface area contributed by atoms with E-state index in [-0.39, 0.29) is 29.8 Å². The third-order valence-electron chi connectivity index (χ3n) is 4.96. The van der Waals surface area contributed by atoms with Gasteiger partial charge in [-0.3, -0.25) is 4.79 Å². The van der Waals surface area contributed by atoms with E-state index in [0.717, 1.165) is 17.8 Å². The van der Waals surface area contributed by atoms with Crippen molar-refractivity contribution in [1.29, 1.82) is 0 Å². The van der Waals surface area contributed by atoms with E-state index in [4.69, 9.17) is 5.73 Å². The van der Waals surface area contributed by atoms with E-state index in [1.807, 2.05) is 13.8 Å². The standard InChI is InChI=1S/C16H23N5O3S2/c1-3-11(2)14(17)16(22)20-7-9-21(10-8-20)26(23,24)13-6-4-5-12-15(13)19-25-18-12/h4-6,11,14H,3,7-10,17H2,1-2H3. The van der Waals surface area contributed by atoms with Crippen molar-refractivity contribution in [3.05, 3.63) is 18.2 Å². The molecule has 2 atom stereocenters. The van der Waals surface area contributed by atoms with Crippen LogP contribution in [0.15, 0.2) is 31.8 Å². The predicted octanol–water partition coefficient (Wildman–Crippen LogP) is 1.62. The van der Waals surface area contributed by atoms with E-state index < -0.39 is 16.1 Å². The Labute approximate surface area is 157 Å². The van der Waals surface area contributed by atoms with Gasteiger partial charge in [0.15, 0.2) is 0 Å². The molecule has 0 spiro atoms. The SMILES string of the molecule is CCC(C)C(N)C(=O)N1CCN(S(=O)(=O)c2cccc3c2N=S=N3)CC1. The van der Waals surface area contributed by atoms with E-state index in [1.165, 1.54) is 4.31 Å². The van der Waals surface area contributed by atoms with E-state index >= 15 is 0 Å². The Balaban J connectivity index is 1.71. The van der Waals surface area contributed by atoms with E-state index in [0.29, 0.717) is 24.5 Å². The Morgan fingerprint density at radius 2 is 1.96 bits per heavy atom. The molecule has 1 aromatic rings. The van der Waals surface area contributed by atoms with Crippen molar-refractivity contribution < 1.29 is 13.2 Å². The maximum absolute atomic E-state index is 13.0. The normalized spacial score (nSPS) is 19.7. The molecule has 142 valence electrons. The highest BCUT2D eigenvalue weighted by atomic mass is 32.2. The molecule has 2 unspecified atom stereocenters. The molecule has 1 fully saturated rings. The minimum Gasteiger partial charge on any atom is -0.339 e. The molecule has 0 saturated carbocycles. The van der Waals surface area contributed by atoms with Crippen molar-refractivity contribution in [2.75, 3.05) is 26.2 Å². The maximum Gasteiger partial charge on any atom is 0.245 e. The first-order valence-corrected chi connectivity index (χ1v) is 10.8. The molecule has 0 aromatic heterocycles. The van der Waals surface area contributed by atoms with Gasteiger partial charge >= 0.3 is 0 Å². The summed E-state index contributed by atoms with van der Waals surface area (Å²) in [6.45, 7) is 5.12. The van der Waals surface area contributed by atoms with Gasteiger partial charge in [-0.15, -0.1) is 0 Å². The quantitative estimate of drug-likeness (QED) is 0.827. The first-order valence-electron chi connectivity index (χ1n) is 8.62. The van der Waals surface area contributed by atoms with Gasteiger partial charge in [0.2, 0.25) is 15.9 Å². The van der Waals surface area contributed by atoms with Crippen LogP contribution in [0.3, 0.4) is 0 Å². The zero-order valence-electron chi connectivity index (χ0n) is 14.8. The number of sulfonamides is 1. The van der Waals surface area contributed by atoms with Gasteiger partial charge in [0.25, 0.3) is 0 Å². The lowest BCUT2D eigenvalue weighted by Crippen LogP contribution is -2.55. The van der Waals surface area contributed by atoms with Crippen LogP contribution in [0.25, 0.3) is 0 Å². The molecule has 1 amide bonds. The fourth-order valence-corrected chi connectivity index (χ4v) is 5.16. The van der Waals surface area contributed by atoms with Gasteiger partial charge in [0.05, 0.1) is 17.4 Å². The molecule has 2 aliphatic heterocycles. The second-order valence-electron chi connectivity index (χ2n) is 6.53. The van der Waals surface area contributed by atoms with Crippen LogP contribution < -0.4 is 5.73 Å². The molecule has 0 radical (unpaired) electrons. The predicted molar refractivity (Wildman–Crippen MR) is 101 cm³/mol. The fraction of sp³-hybridized carbons (Fsp3) is 0.562. The van der Waals surface area contributed by atoms with Crippen LogP contribution in [0.2, 0.25) is 0 Å². The Morgan fingerprint density at radius 1 is 1.27 bits per heavy atom. The Bertz CT molecular complexity index is 872. The summed E-state index contributed by atoms with van der Waals surface area (Å²) < 4.78 is 35.6. The summed E-state index contributed by atoms with van der Waals surface area (Å²) in [7, 11) is -3.68. The number of carbonyl (C=O) groups excluding carboxylic acids is 1. The number of nitrogens with zero attached hydrogens (tertiary/aromatic N) is 4. The number of fused-ring (bicyclic) bond motifs is 1. The van der Waals surface area contributed by atoms with Crippen LogP contribution in [0.4, 0.5) is 11.4 Å². The van der Waals surface area contributed by atoms with Crippen LogP contribution in [-0.4, -0.2) is 55.8 Å². The van der Waals surface area contributed by atoms with Crippen LogP contribution >= 0.6 is 0 Å². The van der Waals surface area contributed by atoms with Crippen molar-refractivity contribution in [3.63, 3.8) is 0 Å². The van der Waals surface area contributed by atoms with Gasteiger partial charge in [-0.05, 0) is 18.1 Å². The molecular formula is C16H23N5O3S2. The third-order valence-corrected chi connectivity index (χ3v) is 7.43. The van der Waals surface area contributed by atoms with Gasteiger partial charge in [-0.1, -0.05) is 26.3 Å². The molecule has 1 saturated heterocycles. The van der Waals surface area contributed by atoms with Gasteiger partial charge in [0, 0.05) is 26.2 Å². The molecule has 2 N–H and O–H groups in total. The Kier molecular flexibility index (Phi) is 5.56. The molecule has 0 aliphatic carbocycles. The number of hydrogen-bond donors (Lipinski definition) is 1. The smallest absolute Gasteiger partial charge is 0.245 e. The molecule has 2 aliphatic rings. The monoisotopic (exact) mass is 397 g/mol. The lowest BCUT2D eigenvalue weighted by Gasteiger charge is -2.36. The number of piperazine rings is 1. The van der Waals surface area contributed by atoms with Crippen LogP contribution in [0.5, 0.6) is 0 Å². The number of amides is 1. The number of hydrogen-bond acceptors (Lipinski definition) is 6. The number of benzene rings is 1. The largest absolute Gasteiger partial charge is 0.339 e. The molecule has 26 heavy (non-hydrogen) atoms. The van der Waals surface area contributed by atoms with Gasteiger partial charge < -0.3 is 10.6 Å². The molecule has 10 heteroatoms. The summed E-state index contributed by atoms with van der Waals surface area (Å²) in [6, 6.07) is 4.42. The number of nitrogens with two attached hydrogens (primary N) is 1. The summed E-state index contributed by atoms with van der Waals surface area (Å²) in [6.07, 6.45) is 0.826. The van der Waals surface area contributed by atoms with E-state index in [1.54, 1.807) is 23.1 Å².